The third-order valence-corrected chi connectivity index (χ3v) is 11.2. The van der Waals surface area contributed by atoms with Gasteiger partial charge in [-0.25, -0.2) is 12.8 Å². The summed E-state index contributed by atoms with van der Waals surface area (Å²) in [6.07, 6.45) is -4.53. The lowest BCUT2D eigenvalue weighted by molar-refractivity contribution is -0.273. The Balaban J connectivity index is 1.63. The summed E-state index contributed by atoms with van der Waals surface area (Å²) >= 11 is 6.23. The fourth-order valence-corrected chi connectivity index (χ4v) is 8.39. The molecule has 1 saturated carbocycles. The summed E-state index contributed by atoms with van der Waals surface area (Å²) in [5.74, 6) is -1.10. The predicted octanol–water partition coefficient (Wildman–Crippen LogP) is 7.45. The first-order chi connectivity index (χ1) is 21.1. The Morgan fingerprint density at radius 2 is 1.69 bits per heavy atom. The molecule has 1 heterocycles. The molecule has 2 N–H and O–H groups in total. The highest BCUT2D eigenvalue weighted by atomic mass is 35.5. The van der Waals surface area contributed by atoms with Crippen molar-refractivity contribution in [3.05, 3.63) is 106 Å². The van der Waals surface area contributed by atoms with Crippen LogP contribution in [0.5, 0.6) is 0 Å². The molecule has 0 aromatic heterocycles. The molecule has 1 fully saturated rings. The fraction of sp³-hybridized carbons (Fsp3) is 0.364. The van der Waals surface area contributed by atoms with Gasteiger partial charge in [0.15, 0.2) is 5.60 Å². The predicted molar refractivity (Wildman–Crippen MR) is 164 cm³/mol. The molecular formula is C33H33ClF4N2O4S. The van der Waals surface area contributed by atoms with Gasteiger partial charge in [0.1, 0.15) is 5.82 Å². The smallest absolute Gasteiger partial charge is 0.380 e. The summed E-state index contributed by atoms with van der Waals surface area (Å²) in [7, 11) is -4.35. The van der Waals surface area contributed by atoms with Gasteiger partial charge in [-0.05, 0) is 106 Å². The Labute approximate surface area is 264 Å². The number of anilines is 1. The summed E-state index contributed by atoms with van der Waals surface area (Å²) in [5, 5.41) is 13.9. The summed E-state index contributed by atoms with van der Waals surface area (Å²) in [6.45, 7) is 3.78. The molecule has 6 nitrogen and oxygen atoms in total. The molecule has 0 saturated heterocycles. The van der Waals surface area contributed by atoms with Gasteiger partial charge in [-0.3, -0.25) is 9.10 Å². The Morgan fingerprint density at radius 3 is 2.29 bits per heavy atom. The number of carbonyl (C=O) groups is 1. The lowest BCUT2D eigenvalue weighted by Crippen LogP contribution is -2.55. The molecule has 1 unspecified atom stereocenters. The largest absolute Gasteiger partial charge is 0.417 e. The van der Waals surface area contributed by atoms with Gasteiger partial charge in [0.2, 0.25) is 0 Å². The first-order valence-electron chi connectivity index (χ1n) is 14.5. The number of nitrogens with one attached hydrogen (secondary N) is 1. The van der Waals surface area contributed by atoms with Crippen molar-refractivity contribution in [2.45, 2.75) is 80.6 Å². The van der Waals surface area contributed by atoms with E-state index in [1.807, 2.05) is 19.9 Å². The molecular weight excluding hydrogens is 632 g/mol. The van der Waals surface area contributed by atoms with Crippen molar-refractivity contribution in [1.82, 2.24) is 5.32 Å². The summed E-state index contributed by atoms with van der Waals surface area (Å²) in [6, 6.07) is 15.0. The molecule has 2 aliphatic rings. The molecule has 0 radical (unpaired) electrons. The summed E-state index contributed by atoms with van der Waals surface area (Å²) in [5.41, 5.74) is -1.69. The second-order valence-corrected chi connectivity index (χ2v) is 14.2. The van der Waals surface area contributed by atoms with Gasteiger partial charge in [-0.2, -0.15) is 13.2 Å². The van der Waals surface area contributed by atoms with E-state index in [4.69, 9.17) is 11.6 Å². The van der Waals surface area contributed by atoms with Crippen LogP contribution in [0.25, 0.3) is 0 Å². The number of sulfonamides is 1. The number of hydrogen-bond donors (Lipinski definition) is 2. The first kappa shape index (κ1) is 33.0. The minimum atomic E-state index is -4.87. The Morgan fingerprint density at radius 1 is 1.04 bits per heavy atom. The fourth-order valence-electron chi connectivity index (χ4n) is 6.44. The Kier molecular flexibility index (Phi) is 8.85. The van der Waals surface area contributed by atoms with Crippen LogP contribution in [0.2, 0.25) is 5.02 Å². The number of carbonyl (C=O) groups excluding carboxylic acids is 1. The lowest BCUT2D eigenvalue weighted by atomic mass is 9.62. The number of benzene rings is 3. The van der Waals surface area contributed by atoms with Gasteiger partial charge in [0.05, 0.1) is 16.6 Å². The maximum atomic E-state index is 14.2. The van der Waals surface area contributed by atoms with Crippen LogP contribution in [-0.4, -0.2) is 37.3 Å². The van der Waals surface area contributed by atoms with Gasteiger partial charge in [0.25, 0.3) is 15.9 Å². The average Bonchev–Trinajstić information content (AvgIpc) is 3.25. The molecule has 3 aromatic rings. The van der Waals surface area contributed by atoms with Crippen molar-refractivity contribution in [2.24, 2.45) is 0 Å². The summed E-state index contributed by atoms with van der Waals surface area (Å²) in [4.78, 5) is 13.2. The highest BCUT2D eigenvalue weighted by molar-refractivity contribution is 7.92. The Bertz CT molecular complexity index is 1730. The molecule has 1 aliphatic carbocycles. The molecule has 5 rings (SSSR count). The number of hydrogen-bond acceptors (Lipinski definition) is 4. The van der Waals surface area contributed by atoms with E-state index in [0.29, 0.717) is 16.1 Å². The average molecular weight is 665 g/mol. The quantitative estimate of drug-likeness (QED) is 0.203. The first-order valence-corrected chi connectivity index (χ1v) is 16.3. The van der Waals surface area contributed by atoms with Gasteiger partial charge >= 0.3 is 6.18 Å². The van der Waals surface area contributed by atoms with Crippen LogP contribution in [0.15, 0.2) is 83.3 Å². The van der Waals surface area contributed by atoms with E-state index in [1.165, 1.54) is 16.4 Å². The van der Waals surface area contributed by atoms with Gasteiger partial charge in [0, 0.05) is 22.5 Å². The zero-order chi connectivity index (χ0) is 32.8. The molecule has 12 heteroatoms. The molecule has 1 amide bonds. The van der Waals surface area contributed by atoms with Crippen LogP contribution < -0.4 is 9.62 Å². The molecule has 3 aromatic carbocycles. The van der Waals surface area contributed by atoms with E-state index in [9.17, 15) is 35.9 Å². The number of nitrogens with zero attached hydrogens (tertiary/aromatic N) is 1. The standard InChI is InChI=1S/C33H33ClF4N2O4S/c1-21(2)7-14-29-31(15-17-32(42,18-16-31)33(36,37)38)26-19-22(30(41)39-20-23-5-3-4-6-27(23)34)8-13-28(26)40(29)45(43,44)25-11-9-24(35)10-12-25/h3-13,19,29,42H,14-18,20H2,1-2H3,(H,39,41). The van der Waals surface area contributed by atoms with E-state index >= 15 is 0 Å². The van der Waals surface area contributed by atoms with E-state index < -0.39 is 57.8 Å². The van der Waals surface area contributed by atoms with Crippen molar-refractivity contribution in [3.63, 3.8) is 0 Å². The Hall–Kier alpha value is -3.41. The number of allylic oxidation sites excluding steroid dienone is 1. The molecule has 45 heavy (non-hydrogen) atoms. The van der Waals surface area contributed by atoms with Crippen molar-refractivity contribution in [1.29, 1.82) is 0 Å². The molecule has 1 spiro atoms. The summed E-state index contributed by atoms with van der Waals surface area (Å²) < 4.78 is 85.3. The van der Waals surface area contributed by atoms with E-state index in [-0.39, 0.29) is 42.0 Å². The zero-order valence-electron chi connectivity index (χ0n) is 24.7. The monoisotopic (exact) mass is 664 g/mol. The van der Waals surface area contributed by atoms with Crippen LogP contribution in [0.4, 0.5) is 23.2 Å². The van der Waals surface area contributed by atoms with Crippen LogP contribution in [0, 0.1) is 5.82 Å². The van der Waals surface area contributed by atoms with Crippen molar-refractivity contribution < 1.29 is 35.9 Å². The number of alkyl halides is 3. The van der Waals surface area contributed by atoms with Gasteiger partial charge in [-0.1, -0.05) is 41.4 Å². The topological polar surface area (TPSA) is 86.7 Å². The third-order valence-electron chi connectivity index (χ3n) is 8.97. The second-order valence-electron chi connectivity index (χ2n) is 12.0. The zero-order valence-corrected chi connectivity index (χ0v) is 26.2. The minimum absolute atomic E-state index is 0.119. The highest BCUT2D eigenvalue weighted by Gasteiger charge is 2.62. The number of aliphatic hydroxyl groups is 1. The second kappa shape index (κ2) is 12.1. The van der Waals surface area contributed by atoms with Crippen molar-refractivity contribution in [2.75, 3.05) is 4.31 Å². The number of rotatable bonds is 7. The number of halogens is 5. The molecule has 240 valence electrons. The van der Waals surface area contributed by atoms with Crippen LogP contribution in [0.1, 0.15) is 67.4 Å². The molecule has 1 aliphatic heterocycles. The maximum absolute atomic E-state index is 14.2. The number of fused-ring (bicyclic) bond motifs is 2. The number of amides is 1. The van der Waals surface area contributed by atoms with E-state index in [1.54, 1.807) is 30.3 Å². The van der Waals surface area contributed by atoms with Crippen LogP contribution >= 0.6 is 11.6 Å². The SMILES string of the molecule is CC(C)=CCC1N(S(=O)(=O)c2ccc(F)cc2)c2ccc(C(=O)NCc3ccccc3Cl)cc2C12CCC(O)(C(F)(F)F)CC2. The lowest BCUT2D eigenvalue weighted by Gasteiger charge is -2.46. The highest BCUT2D eigenvalue weighted by Crippen LogP contribution is 2.59. The normalized spacial score (nSPS) is 23.1. The van der Waals surface area contributed by atoms with Crippen molar-refractivity contribution >= 4 is 33.2 Å². The van der Waals surface area contributed by atoms with Gasteiger partial charge in [-0.15, -0.1) is 0 Å². The van der Waals surface area contributed by atoms with E-state index in [0.717, 1.165) is 29.8 Å². The van der Waals surface area contributed by atoms with Gasteiger partial charge < -0.3 is 10.4 Å². The van der Waals surface area contributed by atoms with Crippen molar-refractivity contribution in [3.8, 4) is 0 Å². The minimum Gasteiger partial charge on any atom is -0.380 e. The van der Waals surface area contributed by atoms with Crippen LogP contribution in [0.3, 0.4) is 0 Å². The third kappa shape index (κ3) is 6.09. The molecule has 1 atom stereocenters. The van der Waals surface area contributed by atoms with Crippen LogP contribution in [-0.2, 0) is 22.0 Å². The van der Waals surface area contributed by atoms with E-state index in [2.05, 4.69) is 5.32 Å². The maximum Gasteiger partial charge on any atom is 0.417 e. The molecule has 0 bridgehead atoms.